The van der Waals surface area contributed by atoms with Crippen LogP contribution in [0.25, 0.3) is 0 Å². The largest absolute Gasteiger partial charge is 0.367 e. The molecular formula is C17H18ClNO2. The van der Waals surface area contributed by atoms with Crippen molar-refractivity contribution in [2.75, 3.05) is 13.7 Å². The van der Waals surface area contributed by atoms with Gasteiger partial charge in [-0.3, -0.25) is 4.79 Å². The molecule has 0 saturated carbocycles. The lowest BCUT2D eigenvalue weighted by atomic mass is 10.2. The van der Waals surface area contributed by atoms with Crippen molar-refractivity contribution in [2.45, 2.75) is 13.2 Å². The van der Waals surface area contributed by atoms with Crippen LogP contribution in [0.2, 0.25) is 5.02 Å². The zero-order valence-electron chi connectivity index (χ0n) is 12.0. The van der Waals surface area contributed by atoms with Crippen molar-refractivity contribution >= 4 is 17.5 Å². The number of halogens is 1. The van der Waals surface area contributed by atoms with Crippen LogP contribution in [0.3, 0.4) is 0 Å². The smallest absolute Gasteiger partial charge is 0.248 e. The van der Waals surface area contributed by atoms with Gasteiger partial charge in [0.1, 0.15) is 6.61 Å². The minimum Gasteiger partial charge on any atom is -0.367 e. The Bertz CT molecular complexity index is 586. The number of carbonyl (C=O) groups is 1. The molecule has 0 saturated heterocycles. The normalized spacial score (nSPS) is 10.4. The molecule has 0 aliphatic carbocycles. The molecule has 0 N–H and O–H groups in total. The van der Waals surface area contributed by atoms with E-state index in [1.807, 2.05) is 54.6 Å². The Morgan fingerprint density at radius 2 is 1.76 bits per heavy atom. The van der Waals surface area contributed by atoms with Crippen LogP contribution in [-0.2, 0) is 22.7 Å². The quantitative estimate of drug-likeness (QED) is 0.817. The molecule has 0 bridgehead atoms. The maximum Gasteiger partial charge on any atom is 0.248 e. The third-order valence-electron chi connectivity index (χ3n) is 3.13. The summed E-state index contributed by atoms with van der Waals surface area (Å²) in [5, 5.41) is 0.669. The first-order chi connectivity index (χ1) is 10.2. The van der Waals surface area contributed by atoms with Crippen LogP contribution in [0, 0.1) is 0 Å². The number of hydrogen-bond donors (Lipinski definition) is 0. The Balaban J connectivity index is 1.79. The second-order valence-electron chi connectivity index (χ2n) is 4.82. The van der Waals surface area contributed by atoms with Crippen LogP contribution >= 0.6 is 11.6 Å². The fourth-order valence-electron chi connectivity index (χ4n) is 1.91. The van der Waals surface area contributed by atoms with E-state index in [9.17, 15) is 4.79 Å². The van der Waals surface area contributed by atoms with E-state index >= 15 is 0 Å². The van der Waals surface area contributed by atoms with Crippen molar-refractivity contribution < 1.29 is 9.53 Å². The molecule has 1 amide bonds. The molecule has 3 nitrogen and oxygen atoms in total. The van der Waals surface area contributed by atoms with Gasteiger partial charge in [0.25, 0.3) is 0 Å². The number of nitrogens with zero attached hydrogens (tertiary/aromatic N) is 1. The number of amides is 1. The third-order valence-corrected chi connectivity index (χ3v) is 3.50. The minimum absolute atomic E-state index is 0.0640. The van der Waals surface area contributed by atoms with Crippen molar-refractivity contribution in [3.63, 3.8) is 0 Å². The fourth-order valence-corrected chi connectivity index (χ4v) is 2.11. The van der Waals surface area contributed by atoms with Crippen molar-refractivity contribution in [3.05, 3.63) is 70.7 Å². The number of likely N-dealkylation sites (N-methyl/N-ethyl adjacent to an activating group) is 1. The van der Waals surface area contributed by atoms with Gasteiger partial charge in [-0.05, 0) is 17.2 Å². The van der Waals surface area contributed by atoms with Gasteiger partial charge < -0.3 is 9.64 Å². The topological polar surface area (TPSA) is 29.5 Å². The first-order valence-electron chi connectivity index (χ1n) is 6.76. The summed E-state index contributed by atoms with van der Waals surface area (Å²) in [6, 6.07) is 17.3. The van der Waals surface area contributed by atoms with Crippen molar-refractivity contribution in [1.29, 1.82) is 0 Å². The van der Waals surface area contributed by atoms with Crippen molar-refractivity contribution in [2.24, 2.45) is 0 Å². The van der Waals surface area contributed by atoms with E-state index in [0.29, 0.717) is 18.2 Å². The highest BCUT2D eigenvalue weighted by Crippen LogP contribution is 2.16. The summed E-state index contributed by atoms with van der Waals surface area (Å²) in [4.78, 5) is 13.6. The van der Waals surface area contributed by atoms with Crippen LogP contribution in [0.1, 0.15) is 11.1 Å². The summed E-state index contributed by atoms with van der Waals surface area (Å²) in [5.74, 6) is -0.0640. The molecule has 2 rings (SSSR count). The highest BCUT2D eigenvalue weighted by atomic mass is 35.5. The van der Waals surface area contributed by atoms with E-state index < -0.39 is 0 Å². The van der Waals surface area contributed by atoms with Gasteiger partial charge in [0.05, 0.1) is 6.61 Å². The summed E-state index contributed by atoms with van der Waals surface area (Å²) in [5.41, 5.74) is 1.98. The Morgan fingerprint density at radius 3 is 2.48 bits per heavy atom. The van der Waals surface area contributed by atoms with Gasteiger partial charge in [-0.2, -0.15) is 0 Å². The molecule has 110 valence electrons. The molecule has 0 aliphatic rings. The summed E-state index contributed by atoms with van der Waals surface area (Å²) in [6.07, 6.45) is 0. The average Bonchev–Trinajstić information content (AvgIpc) is 2.50. The lowest BCUT2D eigenvalue weighted by Gasteiger charge is -2.18. The van der Waals surface area contributed by atoms with Crippen LogP contribution in [0.15, 0.2) is 54.6 Å². The van der Waals surface area contributed by atoms with Gasteiger partial charge in [0, 0.05) is 18.6 Å². The number of ether oxygens (including phenoxy) is 1. The SMILES string of the molecule is CN(Cc1ccccc1Cl)C(=O)COCc1ccccc1. The highest BCUT2D eigenvalue weighted by Gasteiger charge is 2.11. The molecule has 0 aliphatic heterocycles. The predicted molar refractivity (Wildman–Crippen MR) is 84.0 cm³/mol. The number of carbonyl (C=O) groups excluding carboxylic acids is 1. The maximum absolute atomic E-state index is 12.0. The van der Waals surface area contributed by atoms with E-state index in [4.69, 9.17) is 16.3 Å². The van der Waals surface area contributed by atoms with E-state index in [0.717, 1.165) is 11.1 Å². The Morgan fingerprint density at radius 1 is 1.10 bits per heavy atom. The van der Waals surface area contributed by atoms with Crippen LogP contribution in [0.5, 0.6) is 0 Å². The zero-order valence-corrected chi connectivity index (χ0v) is 12.7. The fraction of sp³-hybridized carbons (Fsp3) is 0.235. The summed E-state index contributed by atoms with van der Waals surface area (Å²) in [7, 11) is 1.75. The number of benzene rings is 2. The van der Waals surface area contributed by atoms with Gasteiger partial charge in [-0.1, -0.05) is 60.1 Å². The van der Waals surface area contributed by atoms with Crippen LogP contribution in [-0.4, -0.2) is 24.5 Å². The lowest BCUT2D eigenvalue weighted by Crippen LogP contribution is -2.29. The Hall–Kier alpha value is -1.84. The average molecular weight is 304 g/mol. The minimum atomic E-state index is -0.0640. The van der Waals surface area contributed by atoms with Gasteiger partial charge in [-0.25, -0.2) is 0 Å². The molecule has 2 aromatic rings. The molecule has 2 aromatic carbocycles. The van der Waals surface area contributed by atoms with Gasteiger partial charge in [-0.15, -0.1) is 0 Å². The second kappa shape index (κ2) is 7.81. The number of hydrogen-bond acceptors (Lipinski definition) is 2. The molecule has 4 heteroatoms. The number of rotatable bonds is 6. The Kier molecular flexibility index (Phi) is 5.78. The first kappa shape index (κ1) is 15.5. The first-order valence-corrected chi connectivity index (χ1v) is 7.13. The Labute approximate surface area is 130 Å². The molecule has 0 atom stereocenters. The molecule has 0 radical (unpaired) electrons. The highest BCUT2D eigenvalue weighted by molar-refractivity contribution is 6.31. The second-order valence-corrected chi connectivity index (χ2v) is 5.23. The molecule has 0 aromatic heterocycles. The molecule has 21 heavy (non-hydrogen) atoms. The van der Waals surface area contributed by atoms with Crippen molar-refractivity contribution in [1.82, 2.24) is 4.90 Å². The summed E-state index contributed by atoms with van der Waals surface area (Å²) < 4.78 is 5.45. The van der Waals surface area contributed by atoms with E-state index in [-0.39, 0.29) is 12.5 Å². The maximum atomic E-state index is 12.0. The van der Waals surface area contributed by atoms with Crippen LogP contribution < -0.4 is 0 Å². The zero-order chi connectivity index (χ0) is 15.1. The van der Waals surface area contributed by atoms with Crippen LogP contribution in [0.4, 0.5) is 0 Å². The molecule has 0 spiro atoms. The molecule has 0 fully saturated rings. The van der Waals surface area contributed by atoms with Crippen molar-refractivity contribution in [3.8, 4) is 0 Å². The van der Waals surface area contributed by atoms with E-state index in [2.05, 4.69) is 0 Å². The predicted octanol–water partition coefficient (Wildman–Crippen LogP) is 3.52. The van der Waals surface area contributed by atoms with Gasteiger partial charge >= 0.3 is 0 Å². The summed E-state index contributed by atoms with van der Waals surface area (Å²) in [6.45, 7) is 0.982. The molecule has 0 heterocycles. The van der Waals surface area contributed by atoms with Gasteiger partial charge in [0.2, 0.25) is 5.91 Å². The van der Waals surface area contributed by atoms with E-state index in [1.165, 1.54) is 0 Å². The monoisotopic (exact) mass is 303 g/mol. The lowest BCUT2D eigenvalue weighted by molar-refractivity contribution is -0.135. The molecular weight excluding hydrogens is 286 g/mol. The van der Waals surface area contributed by atoms with Gasteiger partial charge in [0.15, 0.2) is 0 Å². The van der Waals surface area contributed by atoms with E-state index in [1.54, 1.807) is 11.9 Å². The summed E-state index contributed by atoms with van der Waals surface area (Å²) >= 11 is 6.09. The molecule has 0 unspecified atom stereocenters. The standard InChI is InChI=1S/C17H18ClNO2/c1-19(11-15-9-5-6-10-16(15)18)17(20)13-21-12-14-7-3-2-4-8-14/h2-10H,11-13H2,1H3. The third kappa shape index (κ3) is 4.88.